The number of thiocarbonyl (C=S) groups is 1. The summed E-state index contributed by atoms with van der Waals surface area (Å²) in [6, 6.07) is 23.2. The quantitative estimate of drug-likeness (QED) is 0.225. The van der Waals surface area contributed by atoms with Crippen LogP contribution in [0.5, 0.6) is 5.75 Å². The highest BCUT2D eigenvalue weighted by atomic mass is 32.1. The van der Waals surface area contributed by atoms with Gasteiger partial charge < -0.3 is 19.4 Å². The second-order valence-corrected chi connectivity index (χ2v) is 8.06. The number of rotatable bonds is 6. The van der Waals surface area contributed by atoms with Crippen LogP contribution in [0.15, 0.2) is 89.5 Å². The first-order valence-electron chi connectivity index (χ1n) is 10.5. The summed E-state index contributed by atoms with van der Waals surface area (Å²) in [6.07, 6.45) is 1.75. The summed E-state index contributed by atoms with van der Waals surface area (Å²) in [7, 11) is 1.47. The molecule has 2 unspecified atom stereocenters. The van der Waals surface area contributed by atoms with Crippen LogP contribution in [-0.4, -0.2) is 22.1 Å². The number of nitrogens with zero attached hydrogens (tertiary/aromatic N) is 3. The largest absolute Gasteiger partial charge is 0.496 e. The highest BCUT2D eigenvalue weighted by Gasteiger charge is 2.42. The Morgan fingerprint density at radius 3 is 2.59 bits per heavy atom. The molecule has 3 heterocycles. The molecule has 0 amide bonds. The molecule has 4 aromatic rings. The number of aromatic nitrogens is 1. The van der Waals surface area contributed by atoms with E-state index in [1.54, 1.807) is 12.3 Å². The predicted molar refractivity (Wildman–Crippen MR) is 132 cm³/mol. The zero-order chi connectivity index (χ0) is 23.7. The third-order valence-electron chi connectivity index (χ3n) is 5.71. The van der Waals surface area contributed by atoms with Crippen molar-refractivity contribution < 1.29 is 14.1 Å². The van der Waals surface area contributed by atoms with Gasteiger partial charge >= 0.3 is 0 Å². The molecule has 8 nitrogen and oxygen atoms in total. The number of para-hydroxylation sites is 1. The predicted octanol–water partition coefficient (Wildman–Crippen LogP) is 5.44. The Morgan fingerprint density at radius 2 is 1.88 bits per heavy atom. The number of furan rings is 1. The monoisotopic (exact) mass is 472 g/mol. The van der Waals surface area contributed by atoms with E-state index in [2.05, 4.69) is 10.3 Å². The number of nitrogens with one attached hydrogen (secondary N) is 1. The molecule has 2 aromatic carbocycles. The smallest absolute Gasteiger partial charge is 0.273 e. The first kappa shape index (κ1) is 21.6. The van der Waals surface area contributed by atoms with E-state index in [1.807, 2.05) is 65.6 Å². The van der Waals surface area contributed by atoms with Crippen molar-refractivity contribution >= 4 is 28.7 Å². The lowest BCUT2D eigenvalue weighted by atomic mass is 10.0. The summed E-state index contributed by atoms with van der Waals surface area (Å²) >= 11 is 5.72. The van der Waals surface area contributed by atoms with Crippen molar-refractivity contribution in [2.24, 2.45) is 0 Å². The second kappa shape index (κ2) is 8.95. The Kier molecular flexibility index (Phi) is 5.69. The molecule has 0 radical (unpaired) electrons. The van der Waals surface area contributed by atoms with E-state index in [1.165, 1.54) is 19.2 Å². The molecule has 1 fully saturated rings. The number of hydrogen-bond donors (Lipinski definition) is 1. The average Bonchev–Trinajstić information content (AvgIpc) is 3.49. The summed E-state index contributed by atoms with van der Waals surface area (Å²) in [4.78, 5) is 17.3. The number of hydrogen-bond acceptors (Lipinski definition) is 6. The van der Waals surface area contributed by atoms with Gasteiger partial charge in [0.05, 0.1) is 35.4 Å². The van der Waals surface area contributed by atoms with Gasteiger partial charge in [-0.1, -0.05) is 24.3 Å². The van der Waals surface area contributed by atoms with Gasteiger partial charge in [0.2, 0.25) is 0 Å². The number of nitro benzene ring substituents is 1. The minimum atomic E-state index is -0.458. The van der Waals surface area contributed by atoms with Gasteiger partial charge in [0, 0.05) is 18.0 Å². The SMILES string of the molecule is COc1cc([N+](=O)[O-])ccc1-c1ccc(C2C(c3ccccn3)NC(=S)N2c2ccccc2)o1. The van der Waals surface area contributed by atoms with E-state index < -0.39 is 4.92 Å². The molecular formula is C25H20N4O4S. The Bertz CT molecular complexity index is 1340. The van der Waals surface area contributed by atoms with E-state index >= 15 is 0 Å². The van der Waals surface area contributed by atoms with Crippen LogP contribution in [-0.2, 0) is 0 Å². The lowest BCUT2D eigenvalue weighted by Gasteiger charge is -2.26. The molecule has 0 saturated carbocycles. The Labute approximate surface area is 201 Å². The van der Waals surface area contributed by atoms with E-state index in [-0.39, 0.29) is 17.8 Å². The van der Waals surface area contributed by atoms with E-state index in [4.69, 9.17) is 21.4 Å². The van der Waals surface area contributed by atoms with Crippen LogP contribution in [0.2, 0.25) is 0 Å². The molecule has 2 aromatic heterocycles. The Morgan fingerprint density at radius 1 is 1.09 bits per heavy atom. The molecule has 0 spiro atoms. The molecule has 9 heteroatoms. The van der Waals surface area contributed by atoms with Gasteiger partial charge in [-0.3, -0.25) is 15.1 Å². The molecule has 1 N–H and O–H groups in total. The molecule has 5 rings (SSSR count). The maximum absolute atomic E-state index is 11.2. The zero-order valence-electron chi connectivity index (χ0n) is 18.1. The van der Waals surface area contributed by atoms with Crippen molar-refractivity contribution in [3.63, 3.8) is 0 Å². The topological polar surface area (TPSA) is 93.7 Å². The maximum atomic E-state index is 11.2. The molecular weight excluding hydrogens is 452 g/mol. The fourth-order valence-corrected chi connectivity index (χ4v) is 4.51. The van der Waals surface area contributed by atoms with Crippen LogP contribution in [0, 0.1) is 10.1 Å². The standard InChI is InChI=1S/C25H20N4O4S/c1-32-22-15-17(29(30)31)10-11-18(22)20-12-13-21(33-20)24-23(19-9-5-6-14-26-19)27-25(34)28(24)16-7-3-2-4-8-16/h2-15,23-24H,1H3,(H,27,34). The van der Waals surface area contributed by atoms with Crippen LogP contribution in [0.3, 0.4) is 0 Å². The van der Waals surface area contributed by atoms with Crippen LogP contribution in [0.1, 0.15) is 23.5 Å². The fraction of sp³-hybridized carbons (Fsp3) is 0.120. The van der Waals surface area contributed by atoms with Crippen molar-refractivity contribution in [3.8, 4) is 17.1 Å². The molecule has 1 saturated heterocycles. The van der Waals surface area contributed by atoms with E-state index in [0.717, 1.165) is 11.4 Å². The van der Waals surface area contributed by atoms with Crippen molar-refractivity contribution in [3.05, 3.63) is 107 Å². The number of benzene rings is 2. The summed E-state index contributed by atoms with van der Waals surface area (Å²) < 4.78 is 11.7. The van der Waals surface area contributed by atoms with Gasteiger partial charge in [0.25, 0.3) is 5.69 Å². The summed E-state index contributed by atoms with van der Waals surface area (Å²) in [6.45, 7) is 0. The minimum absolute atomic E-state index is 0.0526. The summed E-state index contributed by atoms with van der Waals surface area (Å²) in [5, 5.41) is 15.1. The third-order valence-corrected chi connectivity index (χ3v) is 6.03. The van der Waals surface area contributed by atoms with Gasteiger partial charge in [-0.05, 0) is 54.7 Å². The fourth-order valence-electron chi connectivity index (χ4n) is 4.16. The molecule has 0 aliphatic carbocycles. The number of pyridine rings is 1. The Balaban J connectivity index is 1.59. The molecule has 2 atom stereocenters. The number of ether oxygens (including phenoxy) is 1. The van der Waals surface area contributed by atoms with Crippen molar-refractivity contribution in [1.29, 1.82) is 0 Å². The lowest BCUT2D eigenvalue weighted by Crippen LogP contribution is -2.29. The normalized spacial score (nSPS) is 17.4. The van der Waals surface area contributed by atoms with E-state index in [9.17, 15) is 10.1 Å². The number of nitro groups is 1. The first-order valence-corrected chi connectivity index (χ1v) is 11.0. The Hall–Kier alpha value is -4.24. The molecule has 1 aliphatic rings. The molecule has 34 heavy (non-hydrogen) atoms. The van der Waals surface area contributed by atoms with Gasteiger partial charge in [-0.15, -0.1) is 0 Å². The highest BCUT2D eigenvalue weighted by Crippen LogP contribution is 2.43. The zero-order valence-corrected chi connectivity index (χ0v) is 18.9. The van der Waals surface area contributed by atoms with Gasteiger partial charge in [0.1, 0.15) is 23.3 Å². The molecule has 170 valence electrons. The molecule has 0 bridgehead atoms. The lowest BCUT2D eigenvalue weighted by molar-refractivity contribution is -0.384. The van der Waals surface area contributed by atoms with Crippen LogP contribution < -0.4 is 15.0 Å². The minimum Gasteiger partial charge on any atom is -0.496 e. The van der Waals surface area contributed by atoms with Crippen LogP contribution in [0.25, 0.3) is 11.3 Å². The average molecular weight is 473 g/mol. The number of methoxy groups -OCH3 is 1. The third kappa shape index (κ3) is 3.86. The first-order chi connectivity index (χ1) is 16.6. The number of anilines is 1. The van der Waals surface area contributed by atoms with Crippen LogP contribution in [0.4, 0.5) is 11.4 Å². The van der Waals surface area contributed by atoms with Gasteiger partial charge in [-0.25, -0.2) is 0 Å². The van der Waals surface area contributed by atoms with Crippen molar-refractivity contribution in [2.45, 2.75) is 12.1 Å². The molecule has 1 aliphatic heterocycles. The number of non-ortho nitro benzene ring substituents is 1. The van der Waals surface area contributed by atoms with E-state index in [0.29, 0.717) is 27.9 Å². The second-order valence-electron chi connectivity index (χ2n) is 7.68. The summed E-state index contributed by atoms with van der Waals surface area (Å²) in [5.41, 5.74) is 2.32. The van der Waals surface area contributed by atoms with Crippen LogP contribution >= 0.6 is 12.2 Å². The summed E-state index contributed by atoms with van der Waals surface area (Å²) in [5.74, 6) is 1.56. The van der Waals surface area contributed by atoms with Crippen molar-refractivity contribution in [2.75, 3.05) is 12.0 Å². The van der Waals surface area contributed by atoms with Gasteiger partial charge in [0.15, 0.2) is 5.11 Å². The van der Waals surface area contributed by atoms with Crippen molar-refractivity contribution in [1.82, 2.24) is 10.3 Å². The van der Waals surface area contributed by atoms with Gasteiger partial charge in [-0.2, -0.15) is 0 Å². The highest BCUT2D eigenvalue weighted by molar-refractivity contribution is 7.80. The maximum Gasteiger partial charge on any atom is 0.273 e.